The van der Waals surface area contributed by atoms with Crippen molar-refractivity contribution in [2.45, 2.75) is 11.4 Å². The van der Waals surface area contributed by atoms with Crippen molar-refractivity contribution in [3.63, 3.8) is 0 Å². The molecule has 2 N–H and O–H groups in total. The predicted molar refractivity (Wildman–Crippen MR) is 92.8 cm³/mol. The van der Waals surface area contributed by atoms with Gasteiger partial charge in [0.05, 0.1) is 23.8 Å². The molecule has 2 aliphatic heterocycles. The van der Waals surface area contributed by atoms with E-state index in [4.69, 9.17) is 5.26 Å². The summed E-state index contributed by atoms with van der Waals surface area (Å²) in [5.41, 5.74) is -0.541. The fourth-order valence-electron chi connectivity index (χ4n) is 2.26. The van der Waals surface area contributed by atoms with Crippen molar-refractivity contribution in [1.29, 1.82) is 5.26 Å². The first-order valence-corrected chi connectivity index (χ1v) is 10.8. The van der Waals surface area contributed by atoms with Crippen LogP contribution in [0, 0.1) is 11.3 Å². The van der Waals surface area contributed by atoms with Gasteiger partial charge in [0.15, 0.2) is 11.5 Å². The lowest BCUT2D eigenvalue weighted by Crippen LogP contribution is -2.70. The molecule has 0 aromatic heterocycles. The number of nitrogens with one attached hydrogen (secondary N) is 1. The van der Waals surface area contributed by atoms with E-state index >= 15 is 0 Å². The molecular formula is C13H13N3O7S3. The van der Waals surface area contributed by atoms with Gasteiger partial charge in [-0.1, -0.05) is 0 Å². The summed E-state index contributed by atoms with van der Waals surface area (Å²) in [6.45, 7) is 0. The van der Waals surface area contributed by atoms with E-state index in [1.54, 1.807) is 6.07 Å². The summed E-state index contributed by atoms with van der Waals surface area (Å²) in [7, 11) is -3.95. The molecule has 2 rings (SSSR count). The maximum absolute atomic E-state index is 12.3. The number of β-lactam (4-membered cyclic amide) rings is 1. The number of carboxylic acid groups (broad SMARTS) is 1. The average Bonchev–Trinajstić information content (AvgIpc) is 2.54. The summed E-state index contributed by atoms with van der Waals surface area (Å²) in [6.07, 6.45) is 1.98. The van der Waals surface area contributed by atoms with Gasteiger partial charge in [-0.3, -0.25) is 14.5 Å². The van der Waals surface area contributed by atoms with Crippen molar-refractivity contribution < 1.29 is 32.1 Å². The third-order valence-electron chi connectivity index (χ3n) is 3.16. The summed E-state index contributed by atoms with van der Waals surface area (Å²) in [5.74, 6) is -3.03. The molecule has 1 fully saturated rings. The van der Waals surface area contributed by atoms with Crippen LogP contribution in [-0.2, 0) is 28.7 Å². The van der Waals surface area contributed by atoms with E-state index in [2.05, 4.69) is 9.50 Å². The Morgan fingerprint density at radius 2 is 2.27 bits per heavy atom. The normalized spacial score (nSPS) is 22.5. The largest absolute Gasteiger partial charge is 0.476 e. The molecule has 140 valence electrons. The van der Waals surface area contributed by atoms with Gasteiger partial charge >= 0.3 is 16.1 Å². The third kappa shape index (κ3) is 4.51. The number of fused-ring (bicyclic) bond motifs is 1. The smallest absolute Gasteiger partial charge is 0.356 e. The molecule has 2 heterocycles. The van der Waals surface area contributed by atoms with E-state index in [9.17, 15) is 27.9 Å². The van der Waals surface area contributed by atoms with Crippen LogP contribution in [0.1, 0.15) is 0 Å². The van der Waals surface area contributed by atoms with Gasteiger partial charge in [0.25, 0.3) is 5.91 Å². The monoisotopic (exact) mass is 419 g/mol. The lowest BCUT2D eigenvalue weighted by atomic mass is 10.0. The molecular weight excluding hydrogens is 406 g/mol. The molecule has 2 atom stereocenters. The lowest BCUT2D eigenvalue weighted by Gasteiger charge is -2.48. The Morgan fingerprint density at radius 1 is 1.58 bits per heavy atom. The molecule has 0 saturated carbocycles. The van der Waals surface area contributed by atoms with Crippen molar-refractivity contribution >= 4 is 51.4 Å². The lowest BCUT2D eigenvalue weighted by molar-refractivity contribution is -0.150. The molecule has 1 saturated heterocycles. The first-order valence-electron chi connectivity index (χ1n) is 6.92. The second-order valence-corrected chi connectivity index (χ2v) is 8.64. The molecule has 0 spiro atoms. The number of carbonyl (C=O) groups is 3. The first-order chi connectivity index (χ1) is 12.2. The van der Waals surface area contributed by atoms with Crippen LogP contribution in [0.2, 0.25) is 0 Å². The Balaban J connectivity index is 2.09. The number of hydrogen-bond acceptors (Lipinski definition) is 9. The molecule has 0 aromatic rings. The third-order valence-corrected chi connectivity index (χ3v) is 5.67. The van der Waals surface area contributed by atoms with E-state index in [-0.39, 0.29) is 17.3 Å². The Bertz CT molecular complexity index is 844. The highest BCUT2D eigenvalue weighted by molar-refractivity contribution is 8.02. The molecule has 2 aliphatic rings. The topological polar surface area (TPSA) is 154 Å². The molecule has 0 aliphatic carbocycles. The summed E-state index contributed by atoms with van der Waals surface area (Å²) < 4.78 is 27.2. The maximum atomic E-state index is 12.3. The fraction of sp³-hybridized carbons (Fsp3) is 0.385. The minimum absolute atomic E-state index is 0.0105. The number of thioether (sulfide) groups is 2. The van der Waals surface area contributed by atoms with Crippen molar-refractivity contribution in [2.24, 2.45) is 0 Å². The summed E-state index contributed by atoms with van der Waals surface area (Å²) >= 11 is 2.15. The molecule has 0 aromatic carbocycles. The van der Waals surface area contributed by atoms with E-state index in [0.717, 1.165) is 34.7 Å². The van der Waals surface area contributed by atoms with E-state index in [0.29, 0.717) is 0 Å². The number of rotatable bonds is 7. The van der Waals surface area contributed by atoms with Gasteiger partial charge in [-0.15, -0.1) is 23.5 Å². The average molecular weight is 419 g/mol. The molecule has 2 amide bonds. The molecule has 0 unspecified atom stereocenters. The number of hydrogen-bond donors (Lipinski definition) is 2. The number of allylic oxidation sites excluding steroid dienone is 1. The van der Waals surface area contributed by atoms with Gasteiger partial charge in [-0.05, 0) is 5.41 Å². The van der Waals surface area contributed by atoms with Crippen LogP contribution in [-0.4, -0.2) is 65.4 Å². The van der Waals surface area contributed by atoms with Gasteiger partial charge in [0.2, 0.25) is 5.91 Å². The number of aliphatic carboxylic acids is 1. The van der Waals surface area contributed by atoms with Gasteiger partial charge < -0.3 is 14.6 Å². The van der Waals surface area contributed by atoms with Crippen LogP contribution >= 0.6 is 23.5 Å². The minimum Gasteiger partial charge on any atom is -0.476 e. The van der Waals surface area contributed by atoms with Gasteiger partial charge in [0, 0.05) is 6.08 Å². The zero-order valence-electron chi connectivity index (χ0n) is 13.2. The highest BCUT2D eigenvalue weighted by atomic mass is 32.2. The van der Waals surface area contributed by atoms with E-state index < -0.39 is 45.0 Å². The highest BCUT2D eigenvalue weighted by Gasteiger charge is 2.55. The van der Waals surface area contributed by atoms with Crippen LogP contribution in [0.15, 0.2) is 22.9 Å². The van der Waals surface area contributed by atoms with Crippen molar-refractivity contribution in [2.75, 3.05) is 17.8 Å². The SMILES string of the molecule is CS(=O)(=O)OC1=C(C(=O)O)N2C(=O)[C@@H](NC(=O)CS/C=C/C#N)[C@H]2SC1. The summed E-state index contributed by atoms with van der Waals surface area (Å²) in [4.78, 5) is 36.5. The number of carboxylic acids is 1. The van der Waals surface area contributed by atoms with Crippen LogP contribution in [0.4, 0.5) is 0 Å². The predicted octanol–water partition coefficient (Wildman–Crippen LogP) is -0.571. The zero-order chi connectivity index (χ0) is 19.5. The van der Waals surface area contributed by atoms with Crippen molar-refractivity contribution in [3.05, 3.63) is 22.9 Å². The zero-order valence-corrected chi connectivity index (χ0v) is 15.7. The van der Waals surface area contributed by atoms with Gasteiger partial charge in [-0.2, -0.15) is 13.7 Å². The fourth-order valence-corrected chi connectivity index (χ4v) is 4.57. The van der Waals surface area contributed by atoms with Crippen LogP contribution in [0.3, 0.4) is 0 Å². The number of amides is 2. The Morgan fingerprint density at radius 3 is 2.85 bits per heavy atom. The Hall–Kier alpha value is -2.17. The van der Waals surface area contributed by atoms with Crippen LogP contribution in [0.25, 0.3) is 0 Å². The number of carbonyl (C=O) groups excluding carboxylic acids is 2. The second-order valence-electron chi connectivity index (χ2n) is 5.06. The molecule has 10 nitrogen and oxygen atoms in total. The number of nitriles is 1. The van der Waals surface area contributed by atoms with E-state index in [1.165, 1.54) is 11.5 Å². The van der Waals surface area contributed by atoms with Gasteiger partial charge in [-0.25, -0.2) is 4.79 Å². The van der Waals surface area contributed by atoms with Crippen LogP contribution < -0.4 is 5.32 Å². The van der Waals surface area contributed by atoms with Crippen LogP contribution in [0.5, 0.6) is 0 Å². The molecule has 0 bridgehead atoms. The molecule has 26 heavy (non-hydrogen) atoms. The summed E-state index contributed by atoms with van der Waals surface area (Å²) in [5, 5.41) is 20.9. The van der Waals surface area contributed by atoms with E-state index in [1.807, 2.05) is 0 Å². The highest BCUT2D eigenvalue weighted by Crippen LogP contribution is 2.40. The Labute approximate surface area is 157 Å². The second kappa shape index (κ2) is 8.02. The molecule has 13 heteroatoms. The molecule has 0 radical (unpaired) electrons. The standard InChI is InChI=1S/C13H13N3O7S3/c1-26(21,22)23-7-5-25-12-9(11(18)16(12)10(7)13(19)20)15-8(17)6-24-4-2-3-14/h2,4,9,12H,5-6H2,1H3,(H,15,17)(H,19,20)/b4-2+/t9-,12-/m1/s1. The minimum atomic E-state index is -3.95. The van der Waals surface area contributed by atoms with Gasteiger partial charge in [0.1, 0.15) is 11.4 Å². The number of nitrogens with zero attached hydrogens (tertiary/aromatic N) is 2. The maximum Gasteiger partial charge on any atom is 0.356 e. The van der Waals surface area contributed by atoms with Crippen molar-refractivity contribution in [3.8, 4) is 6.07 Å². The quantitative estimate of drug-likeness (QED) is 0.311. The Kier molecular flexibility index (Phi) is 6.21. The summed E-state index contributed by atoms with van der Waals surface area (Å²) in [6, 6.07) is 0.857. The first kappa shape index (κ1) is 20.1. The van der Waals surface area contributed by atoms with Crippen molar-refractivity contribution in [1.82, 2.24) is 10.2 Å².